The van der Waals surface area contributed by atoms with Crippen LogP contribution in [0.1, 0.15) is 30.1 Å². The summed E-state index contributed by atoms with van der Waals surface area (Å²) in [6.45, 7) is 2.61. The van der Waals surface area contributed by atoms with Crippen LogP contribution in [0.3, 0.4) is 0 Å². The molecular formula is C15H19FN2O3. The van der Waals surface area contributed by atoms with E-state index in [2.05, 4.69) is 5.32 Å². The van der Waals surface area contributed by atoms with Gasteiger partial charge in [0.25, 0.3) is 5.91 Å². The third-order valence-corrected chi connectivity index (χ3v) is 3.80. The average molecular weight is 294 g/mol. The first-order chi connectivity index (χ1) is 9.99. The van der Waals surface area contributed by atoms with Crippen molar-refractivity contribution in [2.75, 3.05) is 13.1 Å². The van der Waals surface area contributed by atoms with Crippen molar-refractivity contribution in [2.45, 2.75) is 31.8 Å². The Kier molecular flexibility index (Phi) is 4.90. The van der Waals surface area contributed by atoms with Gasteiger partial charge in [0.2, 0.25) is 0 Å². The van der Waals surface area contributed by atoms with Crippen LogP contribution in [0, 0.1) is 5.82 Å². The van der Waals surface area contributed by atoms with Crippen molar-refractivity contribution >= 4 is 11.9 Å². The van der Waals surface area contributed by atoms with Crippen LogP contribution in [-0.2, 0) is 4.79 Å². The highest BCUT2D eigenvalue weighted by atomic mass is 19.1. The minimum atomic E-state index is -0.843. The van der Waals surface area contributed by atoms with Gasteiger partial charge in [-0.2, -0.15) is 0 Å². The second-order valence-electron chi connectivity index (χ2n) is 5.26. The molecule has 2 N–H and O–H groups in total. The Morgan fingerprint density at radius 2 is 2.14 bits per heavy atom. The average Bonchev–Trinajstić information content (AvgIpc) is 2.39. The number of rotatable bonds is 6. The standard InChI is InChI=1S/C15H19FN2O3/c1-2-18(9-14(19)20)13-7-12(8-13)17-15(21)10-4-3-5-11(16)6-10/h3-6,12-13H,2,7-9H2,1H3,(H,17,21)(H,19,20). The Morgan fingerprint density at radius 1 is 1.43 bits per heavy atom. The zero-order chi connectivity index (χ0) is 15.4. The fourth-order valence-corrected chi connectivity index (χ4v) is 2.58. The van der Waals surface area contributed by atoms with E-state index in [0.717, 1.165) is 12.8 Å². The lowest BCUT2D eigenvalue weighted by molar-refractivity contribution is -0.139. The SMILES string of the molecule is CCN(CC(=O)O)C1CC(NC(=O)c2cccc(F)c2)C1. The van der Waals surface area contributed by atoms with E-state index >= 15 is 0 Å². The summed E-state index contributed by atoms with van der Waals surface area (Å²) >= 11 is 0. The van der Waals surface area contributed by atoms with E-state index in [9.17, 15) is 14.0 Å². The van der Waals surface area contributed by atoms with Crippen molar-refractivity contribution in [3.8, 4) is 0 Å². The summed E-state index contributed by atoms with van der Waals surface area (Å²) < 4.78 is 13.1. The summed E-state index contributed by atoms with van der Waals surface area (Å²) in [4.78, 5) is 24.6. The summed E-state index contributed by atoms with van der Waals surface area (Å²) in [5.74, 6) is -1.57. The van der Waals surface area contributed by atoms with Crippen LogP contribution in [0.25, 0.3) is 0 Å². The van der Waals surface area contributed by atoms with Gasteiger partial charge >= 0.3 is 5.97 Å². The number of hydrogen-bond acceptors (Lipinski definition) is 3. The van der Waals surface area contributed by atoms with Gasteiger partial charge in [-0.25, -0.2) is 4.39 Å². The minimum Gasteiger partial charge on any atom is -0.480 e. The summed E-state index contributed by atoms with van der Waals surface area (Å²) in [5.41, 5.74) is 0.302. The Morgan fingerprint density at radius 3 is 2.71 bits per heavy atom. The van der Waals surface area contributed by atoms with E-state index in [0.29, 0.717) is 12.1 Å². The molecule has 1 fully saturated rings. The predicted octanol–water partition coefficient (Wildman–Crippen LogP) is 1.49. The fraction of sp³-hybridized carbons (Fsp3) is 0.467. The van der Waals surface area contributed by atoms with Gasteiger partial charge in [0, 0.05) is 17.6 Å². The van der Waals surface area contributed by atoms with Gasteiger partial charge in [-0.15, -0.1) is 0 Å². The Labute approximate surface area is 122 Å². The van der Waals surface area contributed by atoms with Gasteiger partial charge in [-0.1, -0.05) is 13.0 Å². The molecule has 0 saturated heterocycles. The van der Waals surface area contributed by atoms with E-state index in [1.54, 1.807) is 6.07 Å². The molecule has 0 unspecified atom stereocenters. The van der Waals surface area contributed by atoms with Gasteiger partial charge in [-0.05, 0) is 37.6 Å². The second kappa shape index (κ2) is 6.67. The number of nitrogens with one attached hydrogen (secondary N) is 1. The van der Waals surface area contributed by atoms with Gasteiger partial charge in [-0.3, -0.25) is 14.5 Å². The number of nitrogens with zero attached hydrogens (tertiary/aromatic N) is 1. The van der Waals surface area contributed by atoms with Crippen LogP contribution >= 0.6 is 0 Å². The number of aliphatic carboxylic acids is 1. The highest BCUT2D eigenvalue weighted by molar-refractivity contribution is 5.94. The van der Waals surface area contributed by atoms with Crippen molar-refractivity contribution in [1.29, 1.82) is 0 Å². The monoisotopic (exact) mass is 294 g/mol. The van der Waals surface area contributed by atoms with Crippen molar-refractivity contribution in [3.05, 3.63) is 35.6 Å². The summed E-state index contributed by atoms with van der Waals surface area (Å²) in [7, 11) is 0. The Hall–Kier alpha value is -1.95. The molecule has 0 aliphatic heterocycles. The van der Waals surface area contributed by atoms with E-state index in [-0.39, 0.29) is 24.5 Å². The maximum Gasteiger partial charge on any atom is 0.317 e. The molecule has 0 spiro atoms. The van der Waals surface area contributed by atoms with Crippen LogP contribution < -0.4 is 5.32 Å². The van der Waals surface area contributed by atoms with Crippen LogP contribution in [0.5, 0.6) is 0 Å². The molecule has 0 bridgehead atoms. The number of carboxylic acid groups (broad SMARTS) is 1. The number of halogens is 1. The van der Waals surface area contributed by atoms with E-state index in [1.165, 1.54) is 18.2 Å². The number of amides is 1. The molecule has 0 radical (unpaired) electrons. The largest absolute Gasteiger partial charge is 0.480 e. The molecule has 0 heterocycles. The summed E-state index contributed by atoms with van der Waals surface area (Å²) in [6, 6.07) is 5.77. The lowest BCUT2D eigenvalue weighted by Crippen LogP contribution is -2.54. The Bertz CT molecular complexity index is 529. The van der Waals surface area contributed by atoms with E-state index in [4.69, 9.17) is 5.11 Å². The van der Waals surface area contributed by atoms with Crippen LogP contribution in [-0.4, -0.2) is 47.1 Å². The highest BCUT2D eigenvalue weighted by Crippen LogP contribution is 2.25. The lowest BCUT2D eigenvalue weighted by Gasteiger charge is -2.42. The van der Waals surface area contributed by atoms with Crippen molar-refractivity contribution < 1.29 is 19.1 Å². The molecule has 114 valence electrons. The number of benzene rings is 1. The van der Waals surface area contributed by atoms with Gasteiger partial charge in [0.1, 0.15) is 5.82 Å². The summed E-state index contributed by atoms with van der Waals surface area (Å²) in [5, 5.41) is 11.7. The van der Waals surface area contributed by atoms with Crippen molar-refractivity contribution in [1.82, 2.24) is 10.2 Å². The quantitative estimate of drug-likeness (QED) is 0.834. The fourth-order valence-electron chi connectivity index (χ4n) is 2.58. The Balaban J connectivity index is 1.82. The molecule has 5 nitrogen and oxygen atoms in total. The molecular weight excluding hydrogens is 275 g/mol. The van der Waals surface area contributed by atoms with E-state index in [1.807, 2.05) is 11.8 Å². The molecule has 1 amide bonds. The van der Waals surface area contributed by atoms with E-state index < -0.39 is 11.8 Å². The number of likely N-dealkylation sites (N-methyl/N-ethyl adjacent to an activating group) is 1. The van der Waals surface area contributed by atoms with Crippen LogP contribution in [0.2, 0.25) is 0 Å². The first kappa shape index (κ1) is 15.4. The summed E-state index contributed by atoms with van der Waals surface area (Å²) in [6.07, 6.45) is 1.45. The van der Waals surface area contributed by atoms with Gasteiger partial charge in [0.15, 0.2) is 0 Å². The zero-order valence-corrected chi connectivity index (χ0v) is 11.9. The molecule has 0 atom stereocenters. The molecule has 1 aromatic carbocycles. The predicted molar refractivity (Wildman–Crippen MR) is 75.6 cm³/mol. The molecule has 2 rings (SSSR count). The first-order valence-corrected chi connectivity index (χ1v) is 7.02. The molecule has 1 aliphatic carbocycles. The highest BCUT2D eigenvalue weighted by Gasteiger charge is 2.34. The molecule has 1 saturated carbocycles. The lowest BCUT2D eigenvalue weighted by atomic mass is 9.85. The molecule has 21 heavy (non-hydrogen) atoms. The van der Waals surface area contributed by atoms with Gasteiger partial charge in [0.05, 0.1) is 6.54 Å². The molecule has 0 aromatic heterocycles. The number of carbonyl (C=O) groups is 2. The smallest absolute Gasteiger partial charge is 0.317 e. The third-order valence-electron chi connectivity index (χ3n) is 3.80. The maximum atomic E-state index is 13.1. The molecule has 1 aromatic rings. The number of hydrogen-bond donors (Lipinski definition) is 2. The zero-order valence-electron chi connectivity index (χ0n) is 11.9. The van der Waals surface area contributed by atoms with Crippen molar-refractivity contribution in [2.24, 2.45) is 0 Å². The van der Waals surface area contributed by atoms with Crippen LogP contribution in [0.4, 0.5) is 4.39 Å². The molecule has 6 heteroatoms. The topological polar surface area (TPSA) is 69.6 Å². The first-order valence-electron chi connectivity index (χ1n) is 7.02. The second-order valence-corrected chi connectivity index (χ2v) is 5.26. The third kappa shape index (κ3) is 4.01. The van der Waals surface area contributed by atoms with Crippen LogP contribution in [0.15, 0.2) is 24.3 Å². The van der Waals surface area contributed by atoms with Gasteiger partial charge < -0.3 is 10.4 Å². The molecule has 1 aliphatic rings. The van der Waals surface area contributed by atoms with Crippen molar-refractivity contribution in [3.63, 3.8) is 0 Å². The minimum absolute atomic E-state index is 0.0196. The number of carboxylic acids is 1. The normalized spacial score (nSPS) is 20.9. The maximum absolute atomic E-state index is 13.1. The number of carbonyl (C=O) groups excluding carboxylic acids is 1.